The van der Waals surface area contributed by atoms with Crippen molar-refractivity contribution in [3.8, 4) is 5.75 Å². The summed E-state index contributed by atoms with van der Waals surface area (Å²) in [5.41, 5.74) is 6.93. The van der Waals surface area contributed by atoms with E-state index in [9.17, 15) is 14.4 Å². The first-order valence-electron chi connectivity index (χ1n) is 9.60. The van der Waals surface area contributed by atoms with E-state index in [2.05, 4.69) is 10.3 Å². The second kappa shape index (κ2) is 9.25. The van der Waals surface area contributed by atoms with Crippen molar-refractivity contribution in [3.05, 3.63) is 48.2 Å². The van der Waals surface area contributed by atoms with Gasteiger partial charge < -0.3 is 25.6 Å². The van der Waals surface area contributed by atoms with Gasteiger partial charge in [-0.05, 0) is 37.6 Å². The molecular weight excluding hydrogens is 386 g/mol. The molecule has 2 heterocycles. The summed E-state index contributed by atoms with van der Waals surface area (Å²) in [6.45, 7) is 2.48. The topological polar surface area (TPSA) is 117 Å². The highest BCUT2D eigenvalue weighted by atomic mass is 16.5. The predicted molar refractivity (Wildman–Crippen MR) is 113 cm³/mol. The fourth-order valence-electron chi connectivity index (χ4n) is 3.10. The molecule has 0 bridgehead atoms. The number of ether oxygens (including phenoxy) is 1. The Kier molecular flexibility index (Phi) is 6.51. The number of para-hydroxylation sites is 2. The number of nitrogens with one attached hydrogen (secondary N) is 1. The Morgan fingerprint density at radius 3 is 2.90 bits per heavy atom. The maximum atomic E-state index is 12.7. The molecule has 158 valence electrons. The number of benzene rings is 1. The second-order valence-corrected chi connectivity index (χ2v) is 7.04. The highest BCUT2D eigenvalue weighted by Crippen LogP contribution is 2.29. The zero-order chi connectivity index (χ0) is 21.7. The smallest absolute Gasteiger partial charge is 0.267 e. The standard InChI is InChI=1S/C21H25N5O4/c1-14(23-13-26-10-6-5-9-19(26)27)11-15(22)20(28)24-16-12-30-18-8-4-3-7-17(18)25(2)21(16)29/h3-5,7-9,11,16H,6,10,12-13,22H2,1-2H3,(H,24,28)/t16-/m0/s1. The van der Waals surface area contributed by atoms with E-state index in [1.165, 1.54) is 17.1 Å². The van der Waals surface area contributed by atoms with Crippen LogP contribution in [-0.4, -0.2) is 61.2 Å². The first-order valence-corrected chi connectivity index (χ1v) is 9.60. The van der Waals surface area contributed by atoms with E-state index in [1.807, 2.05) is 18.2 Å². The molecule has 30 heavy (non-hydrogen) atoms. The van der Waals surface area contributed by atoms with Gasteiger partial charge in [-0.15, -0.1) is 0 Å². The fraction of sp³-hybridized carbons (Fsp3) is 0.333. The normalized spacial score (nSPS) is 19.9. The number of allylic oxidation sites excluding steroid dienone is 1. The summed E-state index contributed by atoms with van der Waals surface area (Å²) < 4.78 is 5.68. The van der Waals surface area contributed by atoms with E-state index in [0.717, 1.165) is 6.42 Å². The second-order valence-electron chi connectivity index (χ2n) is 7.04. The van der Waals surface area contributed by atoms with E-state index in [-0.39, 0.29) is 30.8 Å². The van der Waals surface area contributed by atoms with Gasteiger partial charge in [-0.1, -0.05) is 18.2 Å². The van der Waals surface area contributed by atoms with Crippen LogP contribution in [0.2, 0.25) is 0 Å². The predicted octanol–water partition coefficient (Wildman–Crippen LogP) is 0.576. The Labute approximate surface area is 174 Å². The summed E-state index contributed by atoms with van der Waals surface area (Å²) in [5.74, 6) is -0.422. The van der Waals surface area contributed by atoms with Gasteiger partial charge >= 0.3 is 0 Å². The van der Waals surface area contributed by atoms with Gasteiger partial charge in [0.1, 0.15) is 25.1 Å². The quantitative estimate of drug-likeness (QED) is 0.543. The minimum absolute atomic E-state index is 0.00311. The van der Waals surface area contributed by atoms with Crippen molar-refractivity contribution in [1.82, 2.24) is 10.2 Å². The Balaban J connectivity index is 1.62. The lowest BCUT2D eigenvalue weighted by atomic mass is 10.2. The number of hydrogen-bond acceptors (Lipinski definition) is 6. The third-order valence-electron chi connectivity index (χ3n) is 4.82. The van der Waals surface area contributed by atoms with Crippen LogP contribution in [0.4, 0.5) is 5.69 Å². The zero-order valence-corrected chi connectivity index (χ0v) is 17.0. The van der Waals surface area contributed by atoms with Crippen LogP contribution < -0.4 is 20.7 Å². The molecule has 2 aliphatic rings. The fourth-order valence-corrected chi connectivity index (χ4v) is 3.10. The molecule has 3 rings (SSSR count). The van der Waals surface area contributed by atoms with Crippen LogP contribution >= 0.6 is 0 Å². The molecule has 0 aromatic heterocycles. The van der Waals surface area contributed by atoms with Gasteiger partial charge in [-0.25, -0.2) is 0 Å². The van der Waals surface area contributed by atoms with E-state index in [4.69, 9.17) is 10.5 Å². The lowest BCUT2D eigenvalue weighted by molar-refractivity contribution is -0.126. The minimum atomic E-state index is -0.878. The highest BCUT2D eigenvalue weighted by Gasteiger charge is 2.30. The molecule has 0 spiro atoms. The third kappa shape index (κ3) is 4.86. The van der Waals surface area contributed by atoms with E-state index >= 15 is 0 Å². The number of fused-ring (bicyclic) bond motifs is 1. The Morgan fingerprint density at radius 1 is 1.37 bits per heavy atom. The van der Waals surface area contributed by atoms with Crippen LogP contribution in [0.5, 0.6) is 5.75 Å². The lowest BCUT2D eigenvalue weighted by Crippen LogP contribution is -2.50. The van der Waals surface area contributed by atoms with Gasteiger partial charge in [-0.3, -0.25) is 19.4 Å². The first kappa shape index (κ1) is 21.1. The molecular formula is C21H25N5O4. The maximum absolute atomic E-state index is 12.7. The molecule has 9 heteroatoms. The number of hydrogen-bond donors (Lipinski definition) is 2. The number of nitrogens with two attached hydrogens (primary N) is 1. The van der Waals surface area contributed by atoms with Crippen molar-refractivity contribution >= 4 is 29.1 Å². The van der Waals surface area contributed by atoms with Gasteiger partial charge in [0.2, 0.25) is 5.91 Å². The molecule has 1 aromatic rings. The van der Waals surface area contributed by atoms with Crippen LogP contribution in [0.3, 0.4) is 0 Å². The molecule has 9 nitrogen and oxygen atoms in total. The van der Waals surface area contributed by atoms with Crippen LogP contribution in [0.15, 0.2) is 53.2 Å². The largest absolute Gasteiger partial charge is 0.489 e. The van der Waals surface area contributed by atoms with Crippen LogP contribution in [0.25, 0.3) is 0 Å². The van der Waals surface area contributed by atoms with Gasteiger partial charge in [0.15, 0.2) is 0 Å². The first-order chi connectivity index (χ1) is 14.4. The third-order valence-corrected chi connectivity index (χ3v) is 4.82. The number of likely N-dealkylation sites (N-methyl/N-ethyl adjacent to an activating group) is 1. The molecule has 0 fully saturated rings. The molecule has 0 unspecified atom stereocenters. The van der Waals surface area contributed by atoms with Crippen molar-refractivity contribution in [2.24, 2.45) is 10.7 Å². The molecule has 3 amide bonds. The average molecular weight is 411 g/mol. The maximum Gasteiger partial charge on any atom is 0.267 e. The summed E-state index contributed by atoms with van der Waals surface area (Å²) in [4.78, 5) is 44.3. The highest BCUT2D eigenvalue weighted by molar-refractivity contribution is 6.05. The van der Waals surface area contributed by atoms with E-state index < -0.39 is 11.9 Å². The summed E-state index contributed by atoms with van der Waals surface area (Å²) in [5, 5.41) is 2.61. The molecule has 2 aliphatic heterocycles. The SMILES string of the molecule is CC(C=C(N)C(=O)N[C@H]1COc2ccccc2N(C)C1=O)=NCN1CCC=CC1=O. The number of carbonyl (C=O) groups excluding carboxylic acids is 3. The van der Waals surface area contributed by atoms with Crippen molar-refractivity contribution in [1.29, 1.82) is 0 Å². The van der Waals surface area contributed by atoms with Crippen molar-refractivity contribution in [2.45, 2.75) is 19.4 Å². The molecule has 0 saturated carbocycles. The number of rotatable bonds is 5. The molecule has 1 aromatic carbocycles. The van der Waals surface area contributed by atoms with Crippen molar-refractivity contribution < 1.29 is 19.1 Å². The molecule has 0 saturated heterocycles. The number of nitrogens with zero attached hydrogens (tertiary/aromatic N) is 3. The Hall–Kier alpha value is -3.62. The molecule has 0 aliphatic carbocycles. The Bertz CT molecular complexity index is 937. The summed E-state index contributed by atoms with van der Waals surface area (Å²) in [6, 6.07) is 6.28. The minimum Gasteiger partial charge on any atom is -0.489 e. The lowest BCUT2D eigenvalue weighted by Gasteiger charge is -2.21. The van der Waals surface area contributed by atoms with E-state index in [0.29, 0.717) is 23.7 Å². The summed E-state index contributed by atoms with van der Waals surface area (Å²) >= 11 is 0. The van der Waals surface area contributed by atoms with Gasteiger partial charge in [0.05, 0.1) is 11.4 Å². The monoisotopic (exact) mass is 411 g/mol. The van der Waals surface area contributed by atoms with Gasteiger partial charge in [0.25, 0.3) is 11.8 Å². The number of anilines is 1. The van der Waals surface area contributed by atoms with Crippen LogP contribution in [0, 0.1) is 0 Å². The summed E-state index contributed by atoms with van der Waals surface area (Å²) in [7, 11) is 1.63. The van der Waals surface area contributed by atoms with Crippen LogP contribution in [-0.2, 0) is 14.4 Å². The zero-order valence-electron chi connectivity index (χ0n) is 17.0. The van der Waals surface area contributed by atoms with Crippen molar-refractivity contribution in [2.75, 3.05) is 31.8 Å². The number of carbonyl (C=O) groups is 3. The average Bonchev–Trinajstić information content (AvgIpc) is 2.85. The summed E-state index contributed by atoms with van der Waals surface area (Å²) in [6.07, 6.45) is 5.55. The number of amides is 3. The van der Waals surface area contributed by atoms with E-state index in [1.54, 1.807) is 31.0 Å². The van der Waals surface area contributed by atoms with Crippen LogP contribution in [0.1, 0.15) is 13.3 Å². The van der Waals surface area contributed by atoms with Crippen molar-refractivity contribution in [3.63, 3.8) is 0 Å². The molecule has 3 N–H and O–H groups in total. The number of aliphatic imine (C=N–C) groups is 1. The van der Waals surface area contributed by atoms with Gasteiger partial charge in [0, 0.05) is 19.3 Å². The Morgan fingerprint density at radius 2 is 2.13 bits per heavy atom. The molecule has 0 radical (unpaired) electrons. The van der Waals surface area contributed by atoms with Gasteiger partial charge in [-0.2, -0.15) is 0 Å². The molecule has 1 atom stereocenters.